The third-order valence-electron chi connectivity index (χ3n) is 3.26. The molecule has 1 heterocycles. The van der Waals surface area contributed by atoms with Gasteiger partial charge in [-0.25, -0.2) is 0 Å². The molecule has 1 saturated heterocycles. The standard InChI is InChI=1S/C11H22N2/c1-2-10(8-12-6-1)5-7-13-9-11-3-4-11/h10-13H,1-9H2. The zero-order valence-electron chi connectivity index (χ0n) is 8.52. The van der Waals surface area contributed by atoms with Crippen LogP contribution in [0.2, 0.25) is 0 Å². The Bertz CT molecular complexity index is 137. The summed E-state index contributed by atoms with van der Waals surface area (Å²) < 4.78 is 0. The summed E-state index contributed by atoms with van der Waals surface area (Å²) in [5.74, 6) is 1.98. The summed E-state index contributed by atoms with van der Waals surface area (Å²) in [7, 11) is 0. The molecule has 2 rings (SSSR count). The predicted molar refractivity (Wildman–Crippen MR) is 55.8 cm³/mol. The fourth-order valence-electron chi connectivity index (χ4n) is 2.10. The highest BCUT2D eigenvalue weighted by atomic mass is 14.9. The zero-order valence-corrected chi connectivity index (χ0v) is 8.52. The lowest BCUT2D eigenvalue weighted by Gasteiger charge is -2.22. The van der Waals surface area contributed by atoms with Crippen molar-refractivity contribution in [1.29, 1.82) is 0 Å². The molecule has 1 atom stereocenters. The lowest BCUT2D eigenvalue weighted by Crippen LogP contribution is -2.32. The average molecular weight is 182 g/mol. The van der Waals surface area contributed by atoms with Gasteiger partial charge in [-0.05, 0) is 70.1 Å². The smallest absolute Gasteiger partial charge is 0.00200 e. The minimum Gasteiger partial charge on any atom is -0.316 e. The Morgan fingerprint density at radius 1 is 1.15 bits per heavy atom. The first-order valence-corrected chi connectivity index (χ1v) is 5.86. The van der Waals surface area contributed by atoms with E-state index in [1.807, 2.05) is 0 Å². The Morgan fingerprint density at radius 3 is 2.77 bits per heavy atom. The largest absolute Gasteiger partial charge is 0.316 e. The van der Waals surface area contributed by atoms with E-state index in [-0.39, 0.29) is 0 Å². The van der Waals surface area contributed by atoms with Gasteiger partial charge >= 0.3 is 0 Å². The molecule has 0 radical (unpaired) electrons. The summed E-state index contributed by atoms with van der Waals surface area (Å²) in [6.45, 7) is 5.01. The molecule has 0 bridgehead atoms. The van der Waals surface area contributed by atoms with Crippen molar-refractivity contribution in [1.82, 2.24) is 10.6 Å². The SMILES string of the molecule is C1CNCC(CCNCC2CC2)C1. The predicted octanol–water partition coefficient (Wildman–Crippen LogP) is 1.38. The lowest BCUT2D eigenvalue weighted by atomic mass is 9.96. The Kier molecular flexibility index (Phi) is 3.62. The molecule has 2 fully saturated rings. The second-order valence-corrected chi connectivity index (χ2v) is 4.65. The fourth-order valence-corrected chi connectivity index (χ4v) is 2.10. The number of hydrogen-bond donors (Lipinski definition) is 2. The first-order valence-electron chi connectivity index (χ1n) is 5.86. The molecule has 1 aliphatic carbocycles. The van der Waals surface area contributed by atoms with Gasteiger partial charge < -0.3 is 10.6 Å². The molecule has 2 nitrogen and oxygen atoms in total. The monoisotopic (exact) mass is 182 g/mol. The van der Waals surface area contributed by atoms with E-state index in [1.54, 1.807) is 0 Å². The van der Waals surface area contributed by atoms with Crippen LogP contribution < -0.4 is 10.6 Å². The molecule has 2 heteroatoms. The van der Waals surface area contributed by atoms with Crippen LogP contribution in [0, 0.1) is 11.8 Å². The van der Waals surface area contributed by atoms with E-state index < -0.39 is 0 Å². The van der Waals surface area contributed by atoms with Crippen LogP contribution in [-0.2, 0) is 0 Å². The normalized spacial score (nSPS) is 29.1. The molecule has 2 aliphatic rings. The van der Waals surface area contributed by atoms with Crippen molar-refractivity contribution in [3.63, 3.8) is 0 Å². The minimum absolute atomic E-state index is 0.945. The summed E-state index contributed by atoms with van der Waals surface area (Å²) in [5, 5.41) is 7.04. The quantitative estimate of drug-likeness (QED) is 0.628. The Labute approximate surface area is 81.5 Å². The second kappa shape index (κ2) is 4.97. The van der Waals surface area contributed by atoms with Crippen molar-refractivity contribution >= 4 is 0 Å². The highest BCUT2D eigenvalue weighted by molar-refractivity contribution is 4.76. The van der Waals surface area contributed by atoms with E-state index >= 15 is 0 Å². The summed E-state index contributed by atoms with van der Waals surface area (Å²) in [5.41, 5.74) is 0. The average Bonchev–Trinajstić information content (AvgIpc) is 2.98. The highest BCUT2D eigenvalue weighted by Gasteiger charge is 2.20. The number of nitrogens with one attached hydrogen (secondary N) is 2. The Balaban J connectivity index is 1.46. The van der Waals surface area contributed by atoms with Crippen LogP contribution in [0.5, 0.6) is 0 Å². The fraction of sp³-hybridized carbons (Fsp3) is 1.00. The van der Waals surface area contributed by atoms with E-state index in [0.717, 1.165) is 11.8 Å². The summed E-state index contributed by atoms with van der Waals surface area (Å²) in [6, 6.07) is 0. The van der Waals surface area contributed by atoms with Crippen molar-refractivity contribution in [3.05, 3.63) is 0 Å². The lowest BCUT2D eigenvalue weighted by molar-refractivity contribution is 0.351. The highest BCUT2D eigenvalue weighted by Crippen LogP contribution is 2.27. The molecule has 1 aliphatic heterocycles. The van der Waals surface area contributed by atoms with Gasteiger partial charge in [0.2, 0.25) is 0 Å². The van der Waals surface area contributed by atoms with Crippen LogP contribution >= 0.6 is 0 Å². The van der Waals surface area contributed by atoms with Gasteiger partial charge in [0.15, 0.2) is 0 Å². The van der Waals surface area contributed by atoms with Gasteiger partial charge in [-0.1, -0.05) is 0 Å². The van der Waals surface area contributed by atoms with Gasteiger partial charge in [-0.2, -0.15) is 0 Å². The van der Waals surface area contributed by atoms with E-state index in [4.69, 9.17) is 0 Å². The molecule has 0 aromatic heterocycles. The molecule has 0 spiro atoms. The van der Waals surface area contributed by atoms with Crippen molar-refractivity contribution < 1.29 is 0 Å². The number of hydrogen-bond acceptors (Lipinski definition) is 2. The molecule has 1 unspecified atom stereocenters. The Morgan fingerprint density at radius 2 is 2.08 bits per heavy atom. The van der Waals surface area contributed by atoms with Gasteiger partial charge in [0, 0.05) is 0 Å². The van der Waals surface area contributed by atoms with Crippen LogP contribution in [0.15, 0.2) is 0 Å². The molecule has 0 aromatic carbocycles. The first kappa shape index (κ1) is 9.47. The summed E-state index contributed by atoms with van der Waals surface area (Å²) in [4.78, 5) is 0. The third-order valence-corrected chi connectivity index (χ3v) is 3.26. The van der Waals surface area contributed by atoms with Gasteiger partial charge in [0.1, 0.15) is 0 Å². The molecule has 1 saturated carbocycles. The number of piperidine rings is 1. The van der Waals surface area contributed by atoms with E-state index in [2.05, 4.69) is 10.6 Å². The summed E-state index contributed by atoms with van der Waals surface area (Å²) in [6.07, 6.45) is 7.14. The molecule has 0 amide bonds. The van der Waals surface area contributed by atoms with E-state index in [1.165, 1.54) is 58.3 Å². The first-order chi connectivity index (χ1) is 6.45. The van der Waals surface area contributed by atoms with Crippen LogP contribution in [0.1, 0.15) is 32.1 Å². The molecule has 13 heavy (non-hydrogen) atoms. The topological polar surface area (TPSA) is 24.1 Å². The van der Waals surface area contributed by atoms with E-state index in [9.17, 15) is 0 Å². The van der Waals surface area contributed by atoms with Gasteiger partial charge in [0.25, 0.3) is 0 Å². The van der Waals surface area contributed by atoms with Crippen molar-refractivity contribution in [2.24, 2.45) is 11.8 Å². The molecule has 0 aromatic rings. The van der Waals surface area contributed by atoms with Gasteiger partial charge in [-0.3, -0.25) is 0 Å². The molecule has 76 valence electrons. The van der Waals surface area contributed by atoms with Crippen molar-refractivity contribution in [2.75, 3.05) is 26.2 Å². The van der Waals surface area contributed by atoms with Crippen molar-refractivity contribution in [2.45, 2.75) is 32.1 Å². The maximum atomic E-state index is 3.57. The van der Waals surface area contributed by atoms with Crippen LogP contribution in [0.3, 0.4) is 0 Å². The maximum Gasteiger partial charge on any atom is -0.00200 e. The molecular formula is C11H22N2. The Hall–Kier alpha value is -0.0800. The van der Waals surface area contributed by atoms with Gasteiger partial charge in [-0.15, -0.1) is 0 Å². The zero-order chi connectivity index (χ0) is 8.93. The van der Waals surface area contributed by atoms with Gasteiger partial charge in [0.05, 0.1) is 0 Å². The molecular weight excluding hydrogens is 160 g/mol. The van der Waals surface area contributed by atoms with E-state index in [0.29, 0.717) is 0 Å². The van der Waals surface area contributed by atoms with Crippen LogP contribution in [0.25, 0.3) is 0 Å². The van der Waals surface area contributed by atoms with Crippen molar-refractivity contribution in [3.8, 4) is 0 Å². The summed E-state index contributed by atoms with van der Waals surface area (Å²) >= 11 is 0. The number of rotatable bonds is 5. The molecule has 2 N–H and O–H groups in total. The van der Waals surface area contributed by atoms with Crippen LogP contribution in [-0.4, -0.2) is 26.2 Å². The maximum absolute atomic E-state index is 3.57. The van der Waals surface area contributed by atoms with Crippen LogP contribution in [0.4, 0.5) is 0 Å². The second-order valence-electron chi connectivity index (χ2n) is 4.65. The minimum atomic E-state index is 0.945. The third kappa shape index (κ3) is 3.65.